The molecule has 1 amide bonds. The molecule has 4 nitrogen and oxygen atoms in total. The van der Waals surface area contributed by atoms with E-state index in [9.17, 15) is 27.2 Å². The van der Waals surface area contributed by atoms with Crippen molar-refractivity contribution < 1.29 is 31.9 Å². The lowest BCUT2D eigenvalue weighted by Gasteiger charge is -2.14. The molecule has 1 rings (SSSR count). The molecule has 0 aliphatic carbocycles. The molecule has 8 heteroatoms. The second-order valence-corrected chi connectivity index (χ2v) is 4.14. The summed E-state index contributed by atoms with van der Waals surface area (Å²) in [6, 6.07) is 8.38. The van der Waals surface area contributed by atoms with E-state index in [4.69, 9.17) is 0 Å². The Morgan fingerprint density at radius 2 is 1.76 bits per heavy atom. The molecule has 21 heavy (non-hydrogen) atoms. The number of benzene rings is 1. The van der Waals surface area contributed by atoms with Gasteiger partial charge in [-0.2, -0.15) is 8.78 Å². The van der Waals surface area contributed by atoms with Gasteiger partial charge >= 0.3 is 18.3 Å². The predicted molar refractivity (Wildman–Crippen MR) is 66.2 cm³/mol. The van der Waals surface area contributed by atoms with Crippen LogP contribution in [-0.4, -0.2) is 30.8 Å². The molecule has 0 saturated heterocycles. The van der Waals surface area contributed by atoms with Gasteiger partial charge in [0.1, 0.15) is 0 Å². The van der Waals surface area contributed by atoms with Crippen LogP contribution in [0.4, 0.5) is 23.2 Å². The summed E-state index contributed by atoms with van der Waals surface area (Å²) >= 11 is 0. The number of carbonyl (C=O) groups is 2. The van der Waals surface area contributed by atoms with Crippen molar-refractivity contribution in [2.75, 3.05) is 11.9 Å². The van der Waals surface area contributed by atoms with Crippen LogP contribution < -0.4 is 5.32 Å². The number of para-hydroxylation sites is 1. The van der Waals surface area contributed by atoms with Crippen molar-refractivity contribution in [1.82, 2.24) is 0 Å². The van der Waals surface area contributed by atoms with Gasteiger partial charge in [-0.1, -0.05) is 18.2 Å². The molecule has 0 heterocycles. The molecule has 0 saturated carbocycles. The fourth-order valence-electron chi connectivity index (χ4n) is 1.27. The van der Waals surface area contributed by atoms with E-state index in [2.05, 4.69) is 10.1 Å². The van der Waals surface area contributed by atoms with Crippen LogP contribution in [0.3, 0.4) is 0 Å². The number of hydrogen-bond donors (Lipinski definition) is 1. The van der Waals surface area contributed by atoms with Crippen LogP contribution in [0.2, 0.25) is 0 Å². The second kappa shape index (κ2) is 7.61. The molecule has 0 unspecified atom stereocenters. The maximum Gasteiger partial charge on any atom is 0.340 e. The first kappa shape index (κ1) is 16.9. The molecule has 0 atom stereocenters. The summed E-state index contributed by atoms with van der Waals surface area (Å²) in [5, 5.41) is 2.47. The number of esters is 1. The minimum Gasteiger partial charge on any atom is -0.459 e. The van der Waals surface area contributed by atoms with Gasteiger partial charge in [-0.05, 0) is 12.1 Å². The summed E-state index contributed by atoms with van der Waals surface area (Å²) in [5.74, 6) is -6.04. The number of rotatable bonds is 7. The van der Waals surface area contributed by atoms with Gasteiger partial charge in [0, 0.05) is 12.1 Å². The number of ether oxygens (including phenoxy) is 1. The molecular formula is C13H13F4NO3. The van der Waals surface area contributed by atoms with Gasteiger partial charge in [0.05, 0.1) is 6.42 Å². The van der Waals surface area contributed by atoms with Gasteiger partial charge < -0.3 is 10.1 Å². The highest BCUT2D eigenvalue weighted by Gasteiger charge is 2.42. The number of halogens is 4. The van der Waals surface area contributed by atoms with Gasteiger partial charge in [0.25, 0.3) is 0 Å². The van der Waals surface area contributed by atoms with Gasteiger partial charge in [-0.25, -0.2) is 8.78 Å². The maximum atomic E-state index is 12.5. The van der Waals surface area contributed by atoms with E-state index >= 15 is 0 Å². The highest BCUT2D eigenvalue weighted by molar-refractivity contribution is 5.92. The zero-order valence-electron chi connectivity index (χ0n) is 10.8. The van der Waals surface area contributed by atoms with Crippen molar-refractivity contribution in [1.29, 1.82) is 0 Å². The SMILES string of the molecule is O=C(CCC(=O)OCC(F)(F)C(F)F)Nc1ccccc1. The number of amides is 1. The van der Waals surface area contributed by atoms with Crippen LogP contribution in [0.5, 0.6) is 0 Å². The fraction of sp³-hybridized carbons (Fsp3) is 0.385. The van der Waals surface area contributed by atoms with Crippen molar-refractivity contribution in [3.63, 3.8) is 0 Å². The normalized spacial score (nSPS) is 11.3. The number of anilines is 1. The first-order valence-electron chi connectivity index (χ1n) is 5.98. The van der Waals surface area contributed by atoms with Crippen LogP contribution in [0.15, 0.2) is 30.3 Å². The molecule has 1 aromatic carbocycles. The lowest BCUT2D eigenvalue weighted by molar-refractivity contribution is -0.179. The Morgan fingerprint density at radius 1 is 1.14 bits per heavy atom. The lowest BCUT2D eigenvalue weighted by Crippen LogP contribution is -2.33. The average Bonchev–Trinajstić information content (AvgIpc) is 2.44. The van der Waals surface area contributed by atoms with E-state index < -0.39 is 37.3 Å². The molecule has 116 valence electrons. The van der Waals surface area contributed by atoms with Crippen LogP contribution >= 0.6 is 0 Å². The quantitative estimate of drug-likeness (QED) is 0.622. The first-order chi connectivity index (χ1) is 9.81. The van der Waals surface area contributed by atoms with Crippen LogP contribution in [-0.2, 0) is 14.3 Å². The number of hydrogen-bond acceptors (Lipinski definition) is 3. The fourth-order valence-corrected chi connectivity index (χ4v) is 1.27. The molecule has 1 N–H and O–H groups in total. The summed E-state index contributed by atoms with van der Waals surface area (Å²) in [5.41, 5.74) is 0.514. The van der Waals surface area contributed by atoms with E-state index in [-0.39, 0.29) is 6.42 Å². The molecule has 0 spiro atoms. The summed E-state index contributed by atoms with van der Waals surface area (Å²) in [6.07, 6.45) is -4.68. The van der Waals surface area contributed by atoms with Crippen LogP contribution in [0.1, 0.15) is 12.8 Å². The van der Waals surface area contributed by atoms with E-state index in [1.807, 2.05) is 0 Å². The first-order valence-corrected chi connectivity index (χ1v) is 5.98. The van der Waals surface area contributed by atoms with Gasteiger partial charge in [-0.3, -0.25) is 9.59 Å². The van der Waals surface area contributed by atoms with Crippen molar-refractivity contribution in [3.05, 3.63) is 30.3 Å². The summed E-state index contributed by atoms with van der Waals surface area (Å²) < 4.78 is 52.6. The maximum absolute atomic E-state index is 12.5. The van der Waals surface area contributed by atoms with Crippen molar-refractivity contribution in [2.45, 2.75) is 25.2 Å². The second-order valence-electron chi connectivity index (χ2n) is 4.14. The highest BCUT2D eigenvalue weighted by atomic mass is 19.3. The topological polar surface area (TPSA) is 55.4 Å². The van der Waals surface area contributed by atoms with Crippen LogP contribution in [0.25, 0.3) is 0 Å². The van der Waals surface area contributed by atoms with E-state index in [0.717, 1.165) is 0 Å². The summed E-state index contributed by atoms with van der Waals surface area (Å²) in [6.45, 7) is -1.70. The molecule has 0 aliphatic rings. The van der Waals surface area contributed by atoms with Gasteiger partial charge in [0.15, 0.2) is 6.61 Å². The Balaban J connectivity index is 2.28. The largest absolute Gasteiger partial charge is 0.459 e. The van der Waals surface area contributed by atoms with Gasteiger partial charge in [0.2, 0.25) is 5.91 Å². The average molecular weight is 307 g/mol. The summed E-state index contributed by atoms with van der Waals surface area (Å²) in [7, 11) is 0. The zero-order valence-corrected chi connectivity index (χ0v) is 10.8. The monoisotopic (exact) mass is 307 g/mol. The molecule has 0 bridgehead atoms. The molecule has 0 aliphatic heterocycles. The molecule has 1 aromatic rings. The van der Waals surface area contributed by atoms with Crippen molar-refractivity contribution in [2.24, 2.45) is 0 Å². The summed E-state index contributed by atoms with van der Waals surface area (Å²) in [4.78, 5) is 22.5. The molecular weight excluding hydrogens is 294 g/mol. The molecule has 0 fully saturated rings. The van der Waals surface area contributed by atoms with E-state index in [1.165, 1.54) is 0 Å². The van der Waals surface area contributed by atoms with Crippen LogP contribution in [0, 0.1) is 0 Å². The predicted octanol–water partition coefficient (Wildman–Crippen LogP) is 2.85. The molecule has 0 radical (unpaired) electrons. The Kier molecular flexibility index (Phi) is 6.13. The van der Waals surface area contributed by atoms with Crippen molar-refractivity contribution >= 4 is 17.6 Å². The third-order valence-corrected chi connectivity index (χ3v) is 2.36. The lowest BCUT2D eigenvalue weighted by atomic mass is 10.2. The molecule has 0 aromatic heterocycles. The minimum absolute atomic E-state index is 0.298. The number of carbonyl (C=O) groups excluding carboxylic acids is 2. The van der Waals surface area contributed by atoms with E-state index in [1.54, 1.807) is 30.3 Å². The van der Waals surface area contributed by atoms with Crippen molar-refractivity contribution in [3.8, 4) is 0 Å². The third-order valence-electron chi connectivity index (χ3n) is 2.36. The third kappa shape index (κ3) is 6.24. The van der Waals surface area contributed by atoms with Gasteiger partial charge in [-0.15, -0.1) is 0 Å². The Morgan fingerprint density at radius 3 is 2.33 bits per heavy atom. The highest BCUT2D eigenvalue weighted by Crippen LogP contribution is 2.23. The Labute approximate surface area is 118 Å². The van der Waals surface area contributed by atoms with E-state index in [0.29, 0.717) is 5.69 Å². The smallest absolute Gasteiger partial charge is 0.340 e. The minimum atomic E-state index is -4.39. The zero-order chi connectivity index (χ0) is 15.9. The Hall–Kier alpha value is -2.12. The standard InChI is InChI=1S/C13H13F4NO3/c14-12(15)13(16,17)8-21-11(20)7-6-10(19)18-9-4-2-1-3-5-9/h1-5,12H,6-8H2,(H,18,19). The Bertz CT molecular complexity index is 480. The number of alkyl halides is 4. The number of nitrogens with one attached hydrogen (secondary N) is 1.